The van der Waals surface area contributed by atoms with Crippen LogP contribution >= 0.6 is 0 Å². The van der Waals surface area contributed by atoms with Gasteiger partial charge < -0.3 is 4.90 Å². The molecular formula is C22H21F5N4O2. The summed E-state index contributed by atoms with van der Waals surface area (Å²) < 4.78 is 67.4. The van der Waals surface area contributed by atoms with Gasteiger partial charge in [-0.1, -0.05) is 0 Å². The molecule has 1 heterocycles. The Labute approximate surface area is 185 Å². The predicted molar refractivity (Wildman–Crippen MR) is 114 cm³/mol. The van der Waals surface area contributed by atoms with Crippen molar-refractivity contribution >= 4 is 22.8 Å². The molecule has 0 aliphatic heterocycles. The molecule has 0 saturated heterocycles. The summed E-state index contributed by atoms with van der Waals surface area (Å²) in [5.74, 6) is -3.60. The molecule has 0 aliphatic rings. The molecule has 1 atom stereocenters. The first kappa shape index (κ1) is 24.1. The van der Waals surface area contributed by atoms with E-state index >= 15 is 0 Å². The molecule has 176 valence electrons. The third kappa shape index (κ3) is 4.96. The fraction of sp³-hybridized carbons (Fsp3) is 0.318. The smallest absolute Gasteiger partial charge is 0.341 e. The summed E-state index contributed by atoms with van der Waals surface area (Å²) in [6.07, 6.45) is -4.62. The molecule has 3 rings (SSSR count). The molecule has 0 aliphatic carbocycles. The number of anilines is 1. The molecule has 1 unspecified atom stereocenters. The zero-order chi connectivity index (χ0) is 24.5. The number of hydrogen-bond acceptors (Lipinski definition) is 4. The summed E-state index contributed by atoms with van der Waals surface area (Å²) in [7, 11) is 0. The number of nitrogens with zero attached hydrogens (tertiary/aromatic N) is 3. The average Bonchev–Trinajstić information content (AvgIpc) is 2.74. The number of rotatable bonds is 6. The zero-order valence-corrected chi connectivity index (χ0v) is 18.0. The zero-order valence-electron chi connectivity index (χ0n) is 18.0. The molecule has 2 aromatic carbocycles. The fourth-order valence-electron chi connectivity index (χ4n) is 3.35. The van der Waals surface area contributed by atoms with Gasteiger partial charge in [-0.25, -0.2) is 13.8 Å². The van der Waals surface area contributed by atoms with Crippen molar-refractivity contribution in [3.05, 3.63) is 69.5 Å². The van der Waals surface area contributed by atoms with Gasteiger partial charge >= 0.3 is 6.18 Å². The van der Waals surface area contributed by atoms with Crippen LogP contribution in [0.25, 0.3) is 10.9 Å². The minimum atomic E-state index is -4.62. The summed E-state index contributed by atoms with van der Waals surface area (Å²) in [6.45, 7) is 5.57. The molecule has 6 nitrogen and oxygen atoms in total. The van der Waals surface area contributed by atoms with Crippen LogP contribution in [0.1, 0.15) is 37.8 Å². The van der Waals surface area contributed by atoms with Gasteiger partial charge in [0.1, 0.15) is 11.6 Å². The van der Waals surface area contributed by atoms with E-state index < -0.39 is 40.8 Å². The molecule has 1 amide bonds. The molecule has 33 heavy (non-hydrogen) atoms. The lowest BCUT2D eigenvalue weighted by molar-refractivity contribution is -0.137. The van der Waals surface area contributed by atoms with E-state index in [1.165, 1.54) is 6.92 Å². The third-order valence-corrected chi connectivity index (χ3v) is 5.23. The van der Waals surface area contributed by atoms with E-state index in [1.807, 2.05) is 0 Å². The molecule has 1 N–H and O–H groups in total. The fourth-order valence-corrected chi connectivity index (χ4v) is 3.35. The Balaban J connectivity index is 2.11. The summed E-state index contributed by atoms with van der Waals surface area (Å²) in [4.78, 5) is 31.8. The summed E-state index contributed by atoms with van der Waals surface area (Å²) in [5.41, 5.74) is 0.513. The first-order valence-electron chi connectivity index (χ1n) is 10.1. The van der Waals surface area contributed by atoms with Gasteiger partial charge in [-0.15, -0.1) is 0 Å². The number of alkyl halides is 3. The highest BCUT2D eigenvalue weighted by atomic mass is 19.4. The maximum Gasteiger partial charge on any atom is 0.416 e. The highest BCUT2D eigenvalue weighted by Gasteiger charge is 2.31. The Hall–Kier alpha value is -3.50. The van der Waals surface area contributed by atoms with Crippen molar-refractivity contribution in [1.82, 2.24) is 9.66 Å². The number of aromatic nitrogens is 2. The quantitative estimate of drug-likeness (QED) is 0.545. The van der Waals surface area contributed by atoms with Crippen LogP contribution in [-0.2, 0) is 11.0 Å². The van der Waals surface area contributed by atoms with Crippen molar-refractivity contribution in [1.29, 1.82) is 0 Å². The van der Waals surface area contributed by atoms with Gasteiger partial charge in [0, 0.05) is 19.2 Å². The maximum absolute atomic E-state index is 13.6. The molecule has 0 bridgehead atoms. The standard InChI is InChI=1S/C22H21F5N4O2/c1-4-30(5-2)21-28-18-10-14(22(25,26)27)6-7-17(18)20(33)31(21)29-19(32)12(3)13-8-15(23)11-16(24)9-13/h6-12H,4-5H2,1-3H3,(H,29,32). The SMILES string of the molecule is CCN(CC)c1nc2cc(C(F)(F)F)ccc2c(=O)n1NC(=O)C(C)c1cc(F)cc(F)c1. The predicted octanol–water partition coefficient (Wildman–Crippen LogP) is 4.41. The highest BCUT2D eigenvalue weighted by molar-refractivity contribution is 5.90. The van der Waals surface area contributed by atoms with Gasteiger partial charge in [0.25, 0.3) is 5.56 Å². The molecule has 3 aromatic rings. The Kier molecular flexibility index (Phi) is 6.71. The number of fused-ring (bicyclic) bond motifs is 1. The van der Waals surface area contributed by atoms with Crippen LogP contribution in [0.2, 0.25) is 0 Å². The normalized spacial score (nSPS) is 12.6. The average molecular weight is 468 g/mol. The van der Waals surface area contributed by atoms with Crippen LogP contribution < -0.4 is 15.9 Å². The Morgan fingerprint density at radius 2 is 1.70 bits per heavy atom. The summed E-state index contributed by atoms with van der Waals surface area (Å²) >= 11 is 0. The van der Waals surface area contributed by atoms with Crippen molar-refractivity contribution in [2.75, 3.05) is 23.4 Å². The summed E-state index contributed by atoms with van der Waals surface area (Å²) in [6, 6.07) is 5.19. The van der Waals surface area contributed by atoms with Crippen molar-refractivity contribution in [3.63, 3.8) is 0 Å². The maximum atomic E-state index is 13.6. The van der Waals surface area contributed by atoms with E-state index in [1.54, 1.807) is 18.7 Å². The van der Waals surface area contributed by atoms with Gasteiger partial charge in [0.05, 0.1) is 22.4 Å². The van der Waals surface area contributed by atoms with E-state index in [-0.39, 0.29) is 22.4 Å². The van der Waals surface area contributed by atoms with E-state index in [0.717, 1.165) is 35.0 Å². The molecular weight excluding hydrogens is 447 g/mol. The van der Waals surface area contributed by atoms with Crippen LogP contribution in [0, 0.1) is 11.6 Å². The van der Waals surface area contributed by atoms with Gasteiger partial charge in [0.2, 0.25) is 11.9 Å². The van der Waals surface area contributed by atoms with Crippen LogP contribution in [0.15, 0.2) is 41.2 Å². The first-order chi connectivity index (χ1) is 15.5. The van der Waals surface area contributed by atoms with E-state index in [9.17, 15) is 31.5 Å². The van der Waals surface area contributed by atoms with Crippen molar-refractivity contribution < 1.29 is 26.7 Å². The number of benzene rings is 2. The van der Waals surface area contributed by atoms with Crippen LogP contribution in [0.5, 0.6) is 0 Å². The van der Waals surface area contributed by atoms with Gasteiger partial charge in [-0.05, 0) is 56.7 Å². The van der Waals surface area contributed by atoms with E-state index in [0.29, 0.717) is 19.2 Å². The first-order valence-corrected chi connectivity index (χ1v) is 10.1. The number of halogens is 5. The topological polar surface area (TPSA) is 67.2 Å². The third-order valence-electron chi connectivity index (χ3n) is 5.23. The van der Waals surface area contributed by atoms with Crippen LogP contribution in [-0.4, -0.2) is 28.7 Å². The molecule has 1 aromatic heterocycles. The van der Waals surface area contributed by atoms with E-state index in [4.69, 9.17) is 0 Å². The molecule has 0 saturated carbocycles. The van der Waals surface area contributed by atoms with Crippen LogP contribution in [0.3, 0.4) is 0 Å². The Morgan fingerprint density at radius 1 is 1.09 bits per heavy atom. The lowest BCUT2D eigenvalue weighted by Gasteiger charge is -2.25. The largest absolute Gasteiger partial charge is 0.416 e. The van der Waals surface area contributed by atoms with Crippen molar-refractivity contribution in [2.24, 2.45) is 0 Å². The molecule has 0 radical (unpaired) electrons. The van der Waals surface area contributed by atoms with Crippen LogP contribution in [0.4, 0.5) is 27.9 Å². The Bertz CT molecular complexity index is 1230. The van der Waals surface area contributed by atoms with E-state index in [2.05, 4.69) is 10.4 Å². The second kappa shape index (κ2) is 9.16. The number of carbonyl (C=O) groups excluding carboxylic acids is 1. The van der Waals surface area contributed by atoms with Gasteiger partial charge in [0.15, 0.2) is 0 Å². The Morgan fingerprint density at radius 3 is 2.24 bits per heavy atom. The number of carbonyl (C=O) groups is 1. The number of amides is 1. The number of nitrogens with one attached hydrogen (secondary N) is 1. The molecule has 0 fully saturated rings. The second-order valence-electron chi connectivity index (χ2n) is 7.35. The highest BCUT2D eigenvalue weighted by Crippen LogP contribution is 2.31. The van der Waals surface area contributed by atoms with Crippen molar-refractivity contribution in [3.8, 4) is 0 Å². The monoisotopic (exact) mass is 468 g/mol. The lowest BCUT2D eigenvalue weighted by atomic mass is 10.0. The number of hydrogen-bond donors (Lipinski definition) is 1. The lowest BCUT2D eigenvalue weighted by Crippen LogP contribution is -2.40. The second-order valence-corrected chi connectivity index (χ2v) is 7.35. The minimum absolute atomic E-state index is 0.0472. The molecule has 0 spiro atoms. The minimum Gasteiger partial charge on any atom is -0.341 e. The summed E-state index contributed by atoms with van der Waals surface area (Å²) in [5, 5.41) is -0.136. The van der Waals surface area contributed by atoms with Gasteiger partial charge in [-0.2, -0.15) is 17.8 Å². The molecule has 11 heteroatoms. The van der Waals surface area contributed by atoms with Gasteiger partial charge in [-0.3, -0.25) is 15.0 Å². The van der Waals surface area contributed by atoms with Crippen molar-refractivity contribution in [2.45, 2.75) is 32.9 Å².